The Balaban J connectivity index is 0.00000144. The Hall–Kier alpha value is -1.26. The third kappa shape index (κ3) is 2.90. The maximum absolute atomic E-state index is 11.0. The number of nitrogens with one attached hydrogen (secondary N) is 1. The highest BCUT2D eigenvalue weighted by atomic mass is 35.5. The van der Waals surface area contributed by atoms with Gasteiger partial charge in [0.15, 0.2) is 0 Å². The average Bonchev–Trinajstić information content (AvgIpc) is 2.78. The number of carbonyl (C=O) groups is 1. The van der Waals surface area contributed by atoms with Crippen molar-refractivity contribution in [3.8, 4) is 5.75 Å². The number of halogens is 1. The summed E-state index contributed by atoms with van der Waals surface area (Å²) in [5.74, 6) is 0.0725. The van der Waals surface area contributed by atoms with Crippen LogP contribution in [0.4, 0.5) is 0 Å². The van der Waals surface area contributed by atoms with E-state index in [-0.39, 0.29) is 18.3 Å². The van der Waals surface area contributed by atoms with Gasteiger partial charge in [-0.25, -0.2) is 0 Å². The van der Waals surface area contributed by atoms with E-state index in [0.717, 1.165) is 24.3 Å². The number of aliphatic carboxylic acids is 1. The molecule has 0 amide bonds. The van der Waals surface area contributed by atoms with Crippen LogP contribution in [0.3, 0.4) is 0 Å². The summed E-state index contributed by atoms with van der Waals surface area (Å²) in [6.07, 6.45) is 0.864. The van der Waals surface area contributed by atoms with Crippen molar-refractivity contribution in [1.29, 1.82) is 0 Å². The predicted molar refractivity (Wildman–Crippen MR) is 67.0 cm³/mol. The van der Waals surface area contributed by atoms with Crippen LogP contribution in [0, 0.1) is 0 Å². The van der Waals surface area contributed by atoms with Crippen molar-refractivity contribution in [3.05, 3.63) is 29.8 Å². The first-order valence-corrected chi connectivity index (χ1v) is 5.32. The highest BCUT2D eigenvalue weighted by molar-refractivity contribution is 5.85. The molecule has 0 aromatic heterocycles. The van der Waals surface area contributed by atoms with Crippen molar-refractivity contribution < 1.29 is 14.6 Å². The SMILES string of the molecule is COc1ccc(C2CCNC2C(=O)O)cc1.Cl. The highest BCUT2D eigenvalue weighted by Gasteiger charge is 2.33. The molecule has 1 heterocycles. The van der Waals surface area contributed by atoms with E-state index < -0.39 is 12.0 Å². The lowest BCUT2D eigenvalue weighted by molar-refractivity contribution is -0.139. The van der Waals surface area contributed by atoms with E-state index in [1.165, 1.54) is 0 Å². The molecule has 0 aliphatic carbocycles. The Kier molecular flexibility index (Phi) is 4.78. The van der Waals surface area contributed by atoms with E-state index in [9.17, 15) is 4.79 Å². The Labute approximate surface area is 106 Å². The molecule has 17 heavy (non-hydrogen) atoms. The van der Waals surface area contributed by atoms with Crippen LogP contribution in [0.2, 0.25) is 0 Å². The van der Waals surface area contributed by atoms with Gasteiger partial charge in [-0.05, 0) is 30.7 Å². The second-order valence-corrected chi connectivity index (χ2v) is 3.94. The number of methoxy groups -OCH3 is 1. The molecule has 0 saturated carbocycles. The van der Waals surface area contributed by atoms with Gasteiger partial charge >= 0.3 is 5.97 Å². The fraction of sp³-hybridized carbons (Fsp3) is 0.417. The molecular weight excluding hydrogens is 242 g/mol. The predicted octanol–water partition coefficient (Wildman–Crippen LogP) is 1.65. The summed E-state index contributed by atoms with van der Waals surface area (Å²) in [6, 6.07) is 7.14. The minimum absolute atomic E-state index is 0. The largest absolute Gasteiger partial charge is 0.497 e. The lowest BCUT2D eigenvalue weighted by Crippen LogP contribution is -2.34. The molecule has 2 rings (SSSR count). The number of benzene rings is 1. The van der Waals surface area contributed by atoms with Gasteiger partial charge in [-0.1, -0.05) is 12.1 Å². The van der Waals surface area contributed by atoms with Gasteiger partial charge in [-0.15, -0.1) is 12.4 Å². The van der Waals surface area contributed by atoms with Gasteiger partial charge in [-0.3, -0.25) is 4.79 Å². The number of ether oxygens (including phenoxy) is 1. The quantitative estimate of drug-likeness (QED) is 0.865. The van der Waals surface area contributed by atoms with Crippen molar-refractivity contribution in [1.82, 2.24) is 5.32 Å². The van der Waals surface area contributed by atoms with Crippen LogP contribution in [-0.4, -0.2) is 30.8 Å². The van der Waals surface area contributed by atoms with Crippen LogP contribution >= 0.6 is 12.4 Å². The second-order valence-electron chi connectivity index (χ2n) is 3.94. The monoisotopic (exact) mass is 257 g/mol. The van der Waals surface area contributed by atoms with Crippen molar-refractivity contribution in [2.75, 3.05) is 13.7 Å². The molecule has 1 fully saturated rings. The van der Waals surface area contributed by atoms with Gasteiger partial charge in [0.05, 0.1) is 7.11 Å². The molecule has 2 N–H and O–H groups in total. The van der Waals surface area contributed by atoms with Gasteiger partial charge in [0, 0.05) is 5.92 Å². The average molecular weight is 258 g/mol. The van der Waals surface area contributed by atoms with Gasteiger partial charge < -0.3 is 15.2 Å². The topological polar surface area (TPSA) is 58.6 Å². The molecule has 1 saturated heterocycles. The lowest BCUT2D eigenvalue weighted by atomic mass is 9.92. The number of carboxylic acid groups (broad SMARTS) is 1. The standard InChI is InChI=1S/C12H15NO3.ClH/c1-16-9-4-2-8(3-5-9)10-6-7-13-11(10)12(14)15;/h2-5,10-11,13H,6-7H2,1H3,(H,14,15);1H. The van der Waals surface area contributed by atoms with Gasteiger partial charge in [0.1, 0.15) is 11.8 Å². The van der Waals surface area contributed by atoms with E-state index in [1.54, 1.807) is 7.11 Å². The van der Waals surface area contributed by atoms with E-state index in [4.69, 9.17) is 9.84 Å². The maximum Gasteiger partial charge on any atom is 0.321 e. The molecule has 0 radical (unpaired) electrons. The number of rotatable bonds is 3. The molecule has 2 unspecified atom stereocenters. The third-order valence-corrected chi connectivity index (χ3v) is 3.03. The van der Waals surface area contributed by atoms with Crippen LogP contribution < -0.4 is 10.1 Å². The fourth-order valence-corrected chi connectivity index (χ4v) is 2.17. The zero-order chi connectivity index (χ0) is 11.5. The Morgan fingerprint density at radius 2 is 2.06 bits per heavy atom. The fourth-order valence-electron chi connectivity index (χ4n) is 2.17. The van der Waals surface area contributed by atoms with Crippen molar-refractivity contribution in [2.45, 2.75) is 18.4 Å². The van der Waals surface area contributed by atoms with Crippen LogP contribution in [0.15, 0.2) is 24.3 Å². The van der Waals surface area contributed by atoms with E-state index in [1.807, 2.05) is 24.3 Å². The highest BCUT2D eigenvalue weighted by Crippen LogP contribution is 2.29. The number of hydrogen-bond donors (Lipinski definition) is 2. The molecule has 1 aliphatic heterocycles. The van der Waals surface area contributed by atoms with Crippen LogP contribution in [0.1, 0.15) is 17.9 Å². The van der Waals surface area contributed by atoms with E-state index in [0.29, 0.717) is 0 Å². The van der Waals surface area contributed by atoms with Crippen LogP contribution in [0.5, 0.6) is 5.75 Å². The van der Waals surface area contributed by atoms with E-state index in [2.05, 4.69) is 5.32 Å². The Bertz CT molecular complexity index is 380. The molecule has 1 aromatic carbocycles. The summed E-state index contributed by atoms with van der Waals surface area (Å²) in [5.41, 5.74) is 1.05. The molecular formula is C12H16ClNO3. The lowest BCUT2D eigenvalue weighted by Gasteiger charge is -2.16. The minimum atomic E-state index is -0.779. The number of carboxylic acids is 1. The summed E-state index contributed by atoms with van der Waals surface area (Å²) in [6.45, 7) is 0.758. The summed E-state index contributed by atoms with van der Waals surface area (Å²) in [5, 5.41) is 12.1. The molecule has 0 spiro atoms. The Morgan fingerprint density at radius 3 is 2.59 bits per heavy atom. The smallest absolute Gasteiger partial charge is 0.321 e. The van der Waals surface area contributed by atoms with Crippen molar-refractivity contribution in [3.63, 3.8) is 0 Å². The maximum atomic E-state index is 11.0. The zero-order valence-electron chi connectivity index (χ0n) is 9.55. The second kappa shape index (κ2) is 5.89. The molecule has 0 bridgehead atoms. The summed E-state index contributed by atoms with van der Waals surface area (Å²) < 4.78 is 5.07. The molecule has 5 heteroatoms. The van der Waals surface area contributed by atoms with Crippen LogP contribution in [0.25, 0.3) is 0 Å². The molecule has 1 aliphatic rings. The van der Waals surface area contributed by atoms with Gasteiger partial charge in [0.2, 0.25) is 0 Å². The number of hydrogen-bond acceptors (Lipinski definition) is 3. The first kappa shape index (κ1) is 13.8. The van der Waals surface area contributed by atoms with Crippen LogP contribution in [-0.2, 0) is 4.79 Å². The first-order valence-electron chi connectivity index (χ1n) is 5.32. The summed E-state index contributed by atoms with van der Waals surface area (Å²) >= 11 is 0. The summed E-state index contributed by atoms with van der Waals surface area (Å²) in [7, 11) is 1.62. The minimum Gasteiger partial charge on any atom is -0.497 e. The Morgan fingerprint density at radius 1 is 1.41 bits per heavy atom. The van der Waals surface area contributed by atoms with Crippen molar-refractivity contribution >= 4 is 18.4 Å². The van der Waals surface area contributed by atoms with Gasteiger partial charge in [0.25, 0.3) is 0 Å². The third-order valence-electron chi connectivity index (χ3n) is 3.03. The molecule has 2 atom stereocenters. The van der Waals surface area contributed by atoms with Gasteiger partial charge in [-0.2, -0.15) is 0 Å². The molecule has 94 valence electrons. The molecule has 4 nitrogen and oxygen atoms in total. The normalized spacial score (nSPS) is 22.9. The first-order chi connectivity index (χ1) is 7.72. The molecule has 1 aromatic rings. The van der Waals surface area contributed by atoms with Crippen molar-refractivity contribution in [2.24, 2.45) is 0 Å². The van der Waals surface area contributed by atoms with E-state index >= 15 is 0 Å². The zero-order valence-corrected chi connectivity index (χ0v) is 10.4. The summed E-state index contributed by atoms with van der Waals surface area (Å²) in [4.78, 5) is 11.0.